The fraction of sp³-hybridized carbons (Fsp3) is 0.250. The Kier molecular flexibility index (Phi) is 3.36. The molecule has 0 aliphatic rings. The number of rotatable bonds is 3. The van der Waals surface area contributed by atoms with E-state index in [1.165, 1.54) is 12.4 Å². The Balaban J connectivity index is 2.48. The first-order valence-corrected chi connectivity index (χ1v) is 3.74. The molecule has 0 aliphatic heterocycles. The lowest BCUT2D eigenvalue weighted by atomic mass is 10.5. The Hall–Kier alpha value is -1.27. The van der Waals surface area contributed by atoms with Gasteiger partial charge in [-0.25, -0.2) is 9.97 Å². The van der Waals surface area contributed by atoms with Gasteiger partial charge in [0, 0.05) is 12.5 Å². The van der Waals surface area contributed by atoms with Crippen LogP contribution < -0.4 is 4.74 Å². The van der Waals surface area contributed by atoms with Crippen molar-refractivity contribution in [2.75, 3.05) is 6.61 Å². The number of terminal acetylenes is 1. The summed E-state index contributed by atoms with van der Waals surface area (Å²) in [6, 6.07) is 1.54. The van der Waals surface area contributed by atoms with Crippen molar-refractivity contribution in [1.82, 2.24) is 9.97 Å². The Morgan fingerprint density at radius 1 is 1.58 bits per heavy atom. The highest BCUT2D eigenvalue weighted by Gasteiger charge is 1.95. The van der Waals surface area contributed by atoms with Crippen LogP contribution in [0.5, 0.6) is 5.88 Å². The molecule has 3 nitrogen and oxygen atoms in total. The first kappa shape index (κ1) is 8.82. The van der Waals surface area contributed by atoms with Crippen LogP contribution in [0.25, 0.3) is 0 Å². The van der Waals surface area contributed by atoms with E-state index in [-0.39, 0.29) is 0 Å². The average molecular weight is 183 g/mol. The maximum absolute atomic E-state index is 5.59. The summed E-state index contributed by atoms with van der Waals surface area (Å²) in [7, 11) is 0. The van der Waals surface area contributed by atoms with Crippen LogP contribution in [-0.4, -0.2) is 16.6 Å². The van der Waals surface area contributed by atoms with Gasteiger partial charge < -0.3 is 4.74 Å². The lowest BCUT2D eigenvalue weighted by molar-refractivity contribution is 0.314. The van der Waals surface area contributed by atoms with Crippen molar-refractivity contribution in [3.63, 3.8) is 0 Å². The van der Waals surface area contributed by atoms with Gasteiger partial charge in [-0.3, -0.25) is 0 Å². The van der Waals surface area contributed by atoms with Gasteiger partial charge in [0.2, 0.25) is 5.88 Å². The van der Waals surface area contributed by atoms with Gasteiger partial charge in [-0.05, 0) is 0 Å². The highest BCUT2D eigenvalue weighted by molar-refractivity contribution is 6.29. The van der Waals surface area contributed by atoms with Gasteiger partial charge in [0.05, 0.1) is 0 Å². The van der Waals surface area contributed by atoms with Crippen LogP contribution in [0.15, 0.2) is 12.4 Å². The normalized spacial score (nSPS) is 9.00. The molecule has 0 saturated heterocycles. The number of halogens is 1. The van der Waals surface area contributed by atoms with Crippen molar-refractivity contribution in [2.45, 2.75) is 6.42 Å². The minimum Gasteiger partial charge on any atom is -0.477 e. The second-order valence-electron chi connectivity index (χ2n) is 1.98. The molecule has 0 spiro atoms. The quantitative estimate of drug-likeness (QED) is 0.404. The Bertz CT molecular complexity index is 295. The maximum Gasteiger partial charge on any atom is 0.217 e. The van der Waals surface area contributed by atoms with Gasteiger partial charge in [0.25, 0.3) is 0 Å². The number of hydrogen-bond acceptors (Lipinski definition) is 3. The minimum absolute atomic E-state index is 0.362. The van der Waals surface area contributed by atoms with Crippen LogP contribution in [-0.2, 0) is 0 Å². The smallest absolute Gasteiger partial charge is 0.217 e. The second kappa shape index (κ2) is 4.58. The highest BCUT2D eigenvalue weighted by Crippen LogP contribution is 2.10. The summed E-state index contributed by atoms with van der Waals surface area (Å²) >= 11 is 5.59. The van der Waals surface area contributed by atoms with Gasteiger partial charge in [0.1, 0.15) is 18.1 Å². The van der Waals surface area contributed by atoms with Crippen molar-refractivity contribution >= 4 is 11.6 Å². The SMILES string of the molecule is C#CCCOc1cc(Cl)ncn1. The maximum atomic E-state index is 5.59. The lowest BCUT2D eigenvalue weighted by Gasteiger charge is -2.00. The van der Waals surface area contributed by atoms with E-state index in [4.69, 9.17) is 22.8 Å². The second-order valence-corrected chi connectivity index (χ2v) is 2.37. The molecule has 12 heavy (non-hydrogen) atoms. The molecule has 1 heterocycles. The summed E-state index contributed by atoms with van der Waals surface area (Å²) in [5.74, 6) is 2.90. The molecule has 0 aliphatic carbocycles. The summed E-state index contributed by atoms with van der Waals surface area (Å²) in [6.45, 7) is 0.448. The van der Waals surface area contributed by atoms with E-state index in [1.54, 1.807) is 0 Å². The molecule has 1 rings (SSSR count). The summed E-state index contributed by atoms with van der Waals surface area (Å²) in [4.78, 5) is 7.53. The van der Waals surface area contributed by atoms with Crippen LogP contribution in [0.4, 0.5) is 0 Å². The number of nitrogens with zero attached hydrogens (tertiary/aromatic N) is 2. The zero-order valence-corrected chi connectivity index (χ0v) is 7.08. The molecule has 0 N–H and O–H groups in total. The molecule has 0 saturated carbocycles. The molecular formula is C8H7ClN2O. The van der Waals surface area contributed by atoms with E-state index in [9.17, 15) is 0 Å². The molecule has 0 unspecified atom stereocenters. The van der Waals surface area contributed by atoms with Crippen molar-refractivity contribution in [3.05, 3.63) is 17.5 Å². The highest BCUT2D eigenvalue weighted by atomic mass is 35.5. The van der Waals surface area contributed by atoms with Crippen molar-refractivity contribution in [1.29, 1.82) is 0 Å². The zero-order valence-electron chi connectivity index (χ0n) is 6.33. The molecule has 1 aromatic rings. The standard InChI is InChI=1S/C8H7ClN2O/c1-2-3-4-12-8-5-7(9)10-6-11-8/h1,5-6H,3-4H2. The Labute approximate surface area is 75.7 Å². The number of ether oxygens (including phenoxy) is 1. The van der Waals surface area contributed by atoms with E-state index in [0.29, 0.717) is 24.1 Å². The molecular weight excluding hydrogens is 176 g/mol. The van der Waals surface area contributed by atoms with E-state index < -0.39 is 0 Å². The lowest BCUT2D eigenvalue weighted by Crippen LogP contribution is -1.97. The molecule has 0 bridgehead atoms. The predicted octanol–water partition coefficient (Wildman–Crippen LogP) is 1.53. The van der Waals surface area contributed by atoms with Gasteiger partial charge in [-0.1, -0.05) is 11.6 Å². The fourth-order valence-corrected chi connectivity index (χ4v) is 0.748. The van der Waals surface area contributed by atoms with E-state index in [1.807, 2.05) is 0 Å². The summed E-state index contributed by atoms with van der Waals surface area (Å²) in [5.41, 5.74) is 0. The summed E-state index contributed by atoms with van der Waals surface area (Å²) < 4.78 is 5.15. The Morgan fingerprint density at radius 3 is 3.08 bits per heavy atom. The predicted molar refractivity (Wildman–Crippen MR) is 46.0 cm³/mol. The third kappa shape index (κ3) is 2.77. The number of hydrogen-bond donors (Lipinski definition) is 0. The van der Waals surface area contributed by atoms with Crippen LogP contribution in [0, 0.1) is 12.3 Å². The molecule has 0 fully saturated rings. The Morgan fingerprint density at radius 2 is 2.42 bits per heavy atom. The van der Waals surface area contributed by atoms with Crippen molar-refractivity contribution < 1.29 is 4.74 Å². The average Bonchev–Trinajstić information content (AvgIpc) is 2.05. The van der Waals surface area contributed by atoms with Gasteiger partial charge in [0.15, 0.2) is 0 Å². The largest absolute Gasteiger partial charge is 0.477 e. The van der Waals surface area contributed by atoms with E-state index in [2.05, 4.69) is 15.9 Å². The molecule has 62 valence electrons. The van der Waals surface area contributed by atoms with Crippen molar-refractivity contribution in [3.8, 4) is 18.2 Å². The molecule has 0 aromatic carbocycles. The van der Waals surface area contributed by atoms with Crippen molar-refractivity contribution in [2.24, 2.45) is 0 Å². The topological polar surface area (TPSA) is 35.0 Å². The first-order valence-electron chi connectivity index (χ1n) is 3.36. The number of aromatic nitrogens is 2. The third-order valence-corrected chi connectivity index (χ3v) is 1.31. The van der Waals surface area contributed by atoms with Gasteiger partial charge in [-0.2, -0.15) is 0 Å². The molecule has 0 radical (unpaired) electrons. The van der Waals surface area contributed by atoms with Gasteiger partial charge >= 0.3 is 0 Å². The molecule has 1 aromatic heterocycles. The fourth-order valence-electron chi connectivity index (χ4n) is 0.611. The van der Waals surface area contributed by atoms with E-state index >= 15 is 0 Å². The summed E-state index contributed by atoms with van der Waals surface area (Å²) in [6.07, 6.45) is 6.93. The zero-order chi connectivity index (χ0) is 8.81. The van der Waals surface area contributed by atoms with Crippen LogP contribution >= 0.6 is 11.6 Å². The first-order chi connectivity index (χ1) is 5.83. The molecule has 0 atom stereocenters. The monoisotopic (exact) mass is 182 g/mol. The van der Waals surface area contributed by atoms with Crippen LogP contribution in [0.3, 0.4) is 0 Å². The third-order valence-electron chi connectivity index (χ3n) is 1.10. The molecule has 0 amide bonds. The van der Waals surface area contributed by atoms with E-state index in [0.717, 1.165) is 0 Å². The van der Waals surface area contributed by atoms with Crippen LogP contribution in [0.2, 0.25) is 5.15 Å². The molecule has 4 heteroatoms. The summed E-state index contributed by atoms with van der Waals surface area (Å²) in [5, 5.41) is 0.362. The minimum atomic E-state index is 0.362. The van der Waals surface area contributed by atoms with Crippen LogP contribution in [0.1, 0.15) is 6.42 Å². The van der Waals surface area contributed by atoms with Gasteiger partial charge in [-0.15, -0.1) is 12.3 Å².